The monoisotopic (exact) mass is 235 g/mol. The summed E-state index contributed by atoms with van der Waals surface area (Å²) in [5.74, 6) is 0.151. The fourth-order valence-electron chi connectivity index (χ4n) is 1.54. The zero-order valence-corrected chi connectivity index (χ0v) is 9.87. The van der Waals surface area contributed by atoms with Crippen LogP contribution in [0, 0.1) is 0 Å². The maximum absolute atomic E-state index is 11.0. The molecule has 0 unspecified atom stereocenters. The molecular formula is C12H13NO2S. The Balaban J connectivity index is 2.26. The number of nitrogens with zero attached hydrogens (tertiary/aromatic N) is 1. The van der Waals surface area contributed by atoms with Gasteiger partial charge in [-0.05, 0) is 12.1 Å². The molecule has 4 heteroatoms. The minimum absolute atomic E-state index is 0.151. The molecule has 0 saturated carbocycles. The van der Waals surface area contributed by atoms with Crippen molar-refractivity contribution in [2.45, 2.75) is 6.42 Å². The molecule has 0 spiro atoms. The molecule has 3 nitrogen and oxygen atoms in total. The number of hydrogen-bond donors (Lipinski definition) is 0. The van der Waals surface area contributed by atoms with E-state index in [9.17, 15) is 8.42 Å². The smallest absolute Gasteiger partial charge is 0.147 e. The third-order valence-electron chi connectivity index (χ3n) is 2.39. The van der Waals surface area contributed by atoms with Gasteiger partial charge in [0.25, 0.3) is 0 Å². The normalized spacial score (nSPS) is 11.8. The zero-order chi connectivity index (χ0) is 11.6. The van der Waals surface area contributed by atoms with E-state index in [0.717, 1.165) is 16.6 Å². The minimum atomic E-state index is -2.92. The molecule has 1 aromatic heterocycles. The average molecular weight is 235 g/mol. The standard InChI is InChI=1S/C12H13NO2S/c1-16(14,15)9-8-11-7-6-10-4-2-3-5-12(10)13-11/h2-7H,8-9H2,1H3. The van der Waals surface area contributed by atoms with E-state index >= 15 is 0 Å². The van der Waals surface area contributed by atoms with Gasteiger partial charge in [0.15, 0.2) is 0 Å². The van der Waals surface area contributed by atoms with Gasteiger partial charge in [0.1, 0.15) is 9.84 Å². The predicted molar refractivity (Wildman–Crippen MR) is 65.2 cm³/mol. The lowest BCUT2D eigenvalue weighted by molar-refractivity contribution is 0.601. The Labute approximate surface area is 95.1 Å². The molecule has 1 heterocycles. The lowest BCUT2D eigenvalue weighted by atomic mass is 10.2. The van der Waals surface area contributed by atoms with Crippen molar-refractivity contribution in [1.82, 2.24) is 4.98 Å². The van der Waals surface area contributed by atoms with Crippen LogP contribution in [0.3, 0.4) is 0 Å². The summed E-state index contributed by atoms with van der Waals surface area (Å²) < 4.78 is 22.1. The Bertz CT molecular complexity index is 605. The van der Waals surface area contributed by atoms with E-state index in [0.29, 0.717) is 6.42 Å². The molecule has 16 heavy (non-hydrogen) atoms. The van der Waals surface area contributed by atoms with E-state index in [2.05, 4.69) is 4.98 Å². The maximum Gasteiger partial charge on any atom is 0.147 e. The number of sulfone groups is 1. The molecule has 0 aliphatic heterocycles. The first kappa shape index (κ1) is 11.1. The fraction of sp³-hybridized carbons (Fsp3) is 0.250. The van der Waals surface area contributed by atoms with E-state index in [1.54, 1.807) is 0 Å². The first-order valence-corrected chi connectivity index (χ1v) is 7.13. The fourth-order valence-corrected chi connectivity index (χ4v) is 2.12. The highest BCUT2D eigenvalue weighted by Crippen LogP contribution is 2.12. The van der Waals surface area contributed by atoms with Gasteiger partial charge >= 0.3 is 0 Å². The van der Waals surface area contributed by atoms with E-state index in [4.69, 9.17) is 0 Å². The molecular weight excluding hydrogens is 222 g/mol. The van der Waals surface area contributed by atoms with E-state index in [-0.39, 0.29) is 5.75 Å². The Morgan fingerprint density at radius 1 is 1.12 bits per heavy atom. The predicted octanol–water partition coefficient (Wildman–Crippen LogP) is 1.82. The molecule has 84 valence electrons. The van der Waals surface area contributed by atoms with Crippen LogP contribution in [0.5, 0.6) is 0 Å². The summed E-state index contributed by atoms with van der Waals surface area (Å²) in [6.45, 7) is 0. The number of hydrogen-bond acceptors (Lipinski definition) is 3. The van der Waals surface area contributed by atoms with Crippen LogP contribution in [0.15, 0.2) is 36.4 Å². The summed E-state index contributed by atoms with van der Waals surface area (Å²) in [6.07, 6.45) is 1.72. The van der Waals surface area contributed by atoms with Crippen molar-refractivity contribution in [1.29, 1.82) is 0 Å². The lowest BCUT2D eigenvalue weighted by Crippen LogP contribution is -2.06. The minimum Gasteiger partial charge on any atom is -0.253 e. The van der Waals surface area contributed by atoms with Crippen molar-refractivity contribution in [3.8, 4) is 0 Å². The van der Waals surface area contributed by atoms with Gasteiger partial charge in [0.2, 0.25) is 0 Å². The Morgan fingerprint density at radius 3 is 2.62 bits per heavy atom. The molecule has 2 aromatic rings. The van der Waals surface area contributed by atoms with Gasteiger partial charge in [-0.1, -0.05) is 24.3 Å². The Morgan fingerprint density at radius 2 is 1.88 bits per heavy atom. The van der Waals surface area contributed by atoms with E-state index < -0.39 is 9.84 Å². The van der Waals surface area contributed by atoms with Crippen molar-refractivity contribution in [3.05, 3.63) is 42.1 Å². The number of pyridine rings is 1. The highest BCUT2D eigenvalue weighted by atomic mass is 32.2. The molecule has 2 rings (SSSR count). The second kappa shape index (κ2) is 4.22. The van der Waals surface area contributed by atoms with Crippen LogP contribution >= 0.6 is 0 Å². The number of benzene rings is 1. The molecule has 0 aliphatic rings. The summed E-state index contributed by atoms with van der Waals surface area (Å²) in [5.41, 5.74) is 1.73. The SMILES string of the molecule is CS(=O)(=O)CCc1ccc2ccccc2n1. The molecule has 0 bridgehead atoms. The van der Waals surface area contributed by atoms with Gasteiger partial charge in [-0.15, -0.1) is 0 Å². The average Bonchev–Trinajstić information content (AvgIpc) is 2.25. The lowest BCUT2D eigenvalue weighted by Gasteiger charge is -2.02. The Kier molecular flexibility index (Phi) is 2.92. The topological polar surface area (TPSA) is 47.0 Å². The van der Waals surface area contributed by atoms with Crippen LogP contribution < -0.4 is 0 Å². The second-order valence-electron chi connectivity index (χ2n) is 3.88. The van der Waals surface area contributed by atoms with Crippen LogP contribution in [0.1, 0.15) is 5.69 Å². The van der Waals surface area contributed by atoms with Crippen LogP contribution in [0.2, 0.25) is 0 Å². The van der Waals surface area contributed by atoms with Gasteiger partial charge in [-0.2, -0.15) is 0 Å². The van der Waals surface area contributed by atoms with Gasteiger partial charge in [-0.3, -0.25) is 4.98 Å². The summed E-state index contributed by atoms with van der Waals surface area (Å²) in [6, 6.07) is 11.7. The summed E-state index contributed by atoms with van der Waals surface area (Å²) >= 11 is 0. The quantitative estimate of drug-likeness (QED) is 0.815. The van der Waals surface area contributed by atoms with Crippen molar-refractivity contribution in [2.24, 2.45) is 0 Å². The van der Waals surface area contributed by atoms with E-state index in [1.807, 2.05) is 36.4 Å². The summed E-state index contributed by atoms with van der Waals surface area (Å²) in [4.78, 5) is 4.41. The molecule has 0 saturated heterocycles. The van der Waals surface area contributed by atoms with Crippen molar-refractivity contribution >= 4 is 20.7 Å². The Hall–Kier alpha value is -1.42. The molecule has 0 fully saturated rings. The van der Waals surface area contributed by atoms with Crippen LogP contribution in [-0.2, 0) is 16.3 Å². The summed E-state index contributed by atoms with van der Waals surface area (Å²) in [7, 11) is -2.92. The molecule has 0 N–H and O–H groups in total. The van der Waals surface area contributed by atoms with Crippen LogP contribution in [0.4, 0.5) is 0 Å². The molecule has 1 aromatic carbocycles. The van der Waals surface area contributed by atoms with Crippen LogP contribution in [-0.4, -0.2) is 25.4 Å². The zero-order valence-electron chi connectivity index (χ0n) is 9.05. The largest absolute Gasteiger partial charge is 0.253 e. The number of fused-ring (bicyclic) bond motifs is 1. The first-order chi connectivity index (χ1) is 7.54. The maximum atomic E-state index is 11.0. The van der Waals surface area contributed by atoms with Gasteiger partial charge in [0, 0.05) is 23.8 Å². The van der Waals surface area contributed by atoms with Gasteiger partial charge < -0.3 is 0 Å². The van der Waals surface area contributed by atoms with Gasteiger partial charge in [-0.25, -0.2) is 8.42 Å². The second-order valence-corrected chi connectivity index (χ2v) is 6.13. The van der Waals surface area contributed by atoms with Crippen molar-refractivity contribution < 1.29 is 8.42 Å². The third-order valence-corrected chi connectivity index (χ3v) is 3.33. The number of aromatic nitrogens is 1. The summed E-state index contributed by atoms with van der Waals surface area (Å²) in [5, 5.41) is 1.07. The van der Waals surface area contributed by atoms with Gasteiger partial charge in [0.05, 0.1) is 11.3 Å². The highest BCUT2D eigenvalue weighted by molar-refractivity contribution is 7.90. The molecule has 0 amide bonds. The van der Waals surface area contributed by atoms with Crippen molar-refractivity contribution in [2.75, 3.05) is 12.0 Å². The third kappa shape index (κ3) is 2.79. The van der Waals surface area contributed by atoms with E-state index in [1.165, 1.54) is 6.26 Å². The highest BCUT2D eigenvalue weighted by Gasteiger charge is 2.04. The molecule has 0 atom stereocenters. The molecule has 0 aliphatic carbocycles. The van der Waals surface area contributed by atoms with Crippen molar-refractivity contribution in [3.63, 3.8) is 0 Å². The number of rotatable bonds is 3. The number of para-hydroxylation sites is 1. The number of aryl methyl sites for hydroxylation is 1. The molecule has 0 radical (unpaired) electrons. The first-order valence-electron chi connectivity index (χ1n) is 5.07. The van der Waals surface area contributed by atoms with Crippen LogP contribution in [0.25, 0.3) is 10.9 Å².